The first-order valence-corrected chi connectivity index (χ1v) is 5.90. The first-order chi connectivity index (χ1) is 7.20. The van der Waals surface area contributed by atoms with Crippen LogP contribution < -0.4 is 5.73 Å². The predicted octanol–water partition coefficient (Wildman–Crippen LogP) is 3.08. The zero-order valence-corrected chi connectivity index (χ0v) is 10.0. The Morgan fingerprint density at radius 3 is 2.73 bits per heavy atom. The third kappa shape index (κ3) is 3.03. The van der Waals surface area contributed by atoms with Crippen molar-refractivity contribution in [2.24, 2.45) is 11.7 Å². The molecule has 2 nitrogen and oxygen atoms in total. The van der Waals surface area contributed by atoms with Gasteiger partial charge >= 0.3 is 0 Å². The molecule has 0 saturated heterocycles. The van der Waals surface area contributed by atoms with E-state index >= 15 is 0 Å². The zero-order chi connectivity index (χ0) is 11.3. The summed E-state index contributed by atoms with van der Waals surface area (Å²) in [5, 5.41) is 0. The van der Waals surface area contributed by atoms with Crippen molar-refractivity contribution in [1.82, 2.24) is 4.98 Å². The van der Waals surface area contributed by atoms with Crippen molar-refractivity contribution in [1.29, 1.82) is 0 Å². The molecule has 0 bridgehead atoms. The number of nitrogens with two attached hydrogens (primary N) is 1. The molecule has 0 saturated carbocycles. The molecule has 2 unspecified atom stereocenters. The molecule has 2 N–H and O–H groups in total. The molecule has 2 atom stereocenters. The molecular weight excluding hydrogens is 184 g/mol. The van der Waals surface area contributed by atoms with Crippen molar-refractivity contribution in [3.63, 3.8) is 0 Å². The summed E-state index contributed by atoms with van der Waals surface area (Å²) in [7, 11) is 0. The van der Waals surface area contributed by atoms with Crippen LogP contribution in [0.25, 0.3) is 0 Å². The molecule has 15 heavy (non-hydrogen) atoms. The van der Waals surface area contributed by atoms with Crippen LogP contribution in [0.5, 0.6) is 0 Å². The molecule has 0 aliphatic heterocycles. The van der Waals surface area contributed by atoms with Crippen molar-refractivity contribution in [2.45, 2.75) is 46.1 Å². The molecule has 0 spiro atoms. The third-order valence-electron chi connectivity index (χ3n) is 2.98. The normalized spacial score (nSPS) is 14.9. The Hall–Kier alpha value is -0.890. The highest BCUT2D eigenvalue weighted by molar-refractivity contribution is 5.22. The lowest BCUT2D eigenvalue weighted by Crippen LogP contribution is -2.21. The van der Waals surface area contributed by atoms with Crippen molar-refractivity contribution >= 4 is 0 Å². The molecule has 0 fully saturated rings. The van der Waals surface area contributed by atoms with Gasteiger partial charge < -0.3 is 5.73 Å². The molecule has 2 heteroatoms. The maximum absolute atomic E-state index is 6.24. The van der Waals surface area contributed by atoms with Gasteiger partial charge in [-0.1, -0.05) is 33.3 Å². The van der Waals surface area contributed by atoms with Gasteiger partial charge in [-0.25, -0.2) is 0 Å². The lowest BCUT2D eigenvalue weighted by atomic mass is 9.92. The van der Waals surface area contributed by atoms with Gasteiger partial charge in [0.15, 0.2) is 0 Å². The largest absolute Gasteiger partial charge is 0.322 e. The van der Waals surface area contributed by atoms with Gasteiger partial charge in [-0.2, -0.15) is 0 Å². The van der Waals surface area contributed by atoms with Crippen LogP contribution in [0.4, 0.5) is 0 Å². The molecular formula is C13H22N2. The topological polar surface area (TPSA) is 38.9 Å². The average molecular weight is 206 g/mol. The monoisotopic (exact) mass is 206 g/mol. The summed E-state index contributed by atoms with van der Waals surface area (Å²) < 4.78 is 0. The lowest BCUT2D eigenvalue weighted by molar-refractivity contribution is 0.424. The fourth-order valence-corrected chi connectivity index (χ4v) is 1.95. The van der Waals surface area contributed by atoms with Crippen LogP contribution in [-0.2, 0) is 6.42 Å². The van der Waals surface area contributed by atoms with E-state index in [-0.39, 0.29) is 6.04 Å². The van der Waals surface area contributed by atoms with Crippen LogP contribution in [0.3, 0.4) is 0 Å². The minimum absolute atomic E-state index is 0.0844. The minimum atomic E-state index is 0.0844. The van der Waals surface area contributed by atoms with Crippen LogP contribution in [-0.4, -0.2) is 4.98 Å². The quantitative estimate of drug-likeness (QED) is 0.804. The van der Waals surface area contributed by atoms with E-state index in [1.807, 2.05) is 12.3 Å². The summed E-state index contributed by atoms with van der Waals surface area (Å²) in [5.41, 5.74) is 8.61. The number of hydrogen-bond donors (Lipinski definition) is 1. The smallest absolute Gasteiger partial charge is 0.0605 e. The summed E-state index contributed by atoms with van der Waals surface area (Å²) in [5.74, 6) is 0.509. The number of nitrogens with zero attached hydrogens (tertiary/aromatic N) is 1. The van der Waals surface area contributed by atoms with E-state index in [0.717, 1.165) is 12.1 Å². The molecule has 1 heterocycles. The van der Waals surface area contributed by atoms with E-state index in [9.17, 15) is 0 Å². The van der Waals surface area contributed by atoms with Gasteiger partial charge in [0.1, 0.15) is 0 Å². The van der Waals surface area contributed by atoms with E-state index in [0.29, 0.717) is 5.92 Å². The first kappa shape index (κ1) is 12.2. The van der Waals surface area contributed by atoms with Gasteiger partial charge in [0.05, 0.1) is 5.69 Å². The van der Waals surface area contributed by atoms with Gasteiger partial charge in [0.25, 0.3) is 0 Å². The van der Waals surface area contributed by atoms with Crippen LogP contribution in [0.15, 0.2) is 18.3 Å². The number of rotatable bonds is 5. The highest BCUT2D eigenvalue weighted by Crippen LogP contribution is 2.24. The molecule has 0 aliphatic rings. The first-order valence-electron chi connectivity index (χ1n) is 5.90. The Balaban J connectivity index is 2.84. The number of aryl methyl sites for hydroxylation is 1. The lowest BCUT2D eigenvalue weighted by Gasteiger charge is -2.20. The van der Waals surface area contributed by atoms with Crippen molar-refractivity contribution < 1.29 is 0 Å². The van der Waals surface area contributed by atoms with Crippen LogP contribution in [0.1, 0.15) is 50.9 Å². The van der Waals surface area contributed by atoms with E-state index in [4.69, 9.17) is 5.73 Å². The Kier molecular flexibility index (Phi) is 4.76. The van der Waals surface area contributed by atoms with Gasteiger partial charge in [0, 0.05) is 12.2 Å². The van der Waals surface area contributed by atoms with E-state index < -0.39 is 0 Å². The summed E-state index contributed by atoms with van der Waals surface area (Å²) in [6.45, 7) is 6.56. The molecule has 84 valence electrons. The Morgan fingerprint density at radius 1 is 1.40 bits per heavy atom. The second kappa shape index (κ2) is 5.86. The molecule has 0 radical (unpaired) electrons. The summed E-state index contributed by atoms with van der Waals surface area (Å²) in [6, 6.07) is 4.20. The van der Waals surface area contributed by atoms with Gasteiger partial charge in [0.2, 0.25) is 0 Å². The summed E-state index contributed by atoms with van der Waals surface area (Å²) in [6.07, 6.45) is 5.20. The molecule has 1 aromatic heterocycles. The Morgan fingerprint density at radius 2 is 2.13 bits per heavy atom. The van der Waals surface area contributed by atoms with Gasteiger partial charge in [-0.05, 0) is 30.4 Å². The van der Waals surface area contributed by atoms with E-state index in [1.54, 1.807) is 0 Å². The summed E-state index contributed by atoms with van der Waals surface area (Å²) >= 11 is 0. The van der Waals surface area contributed by atoms with Crippen LogP contribution in [0.2, 0.25) is 0 Å². The minimum Gasteiger partial charge on any atom is -0.322 e. The number of hydrogen-bond acceptors (Lipinski definition) is 2. The highest BCUT2D eigenvalue weighted by atomic mass is 14.8. The molecule has 0 aliphatic carbocycles. The zero-order valence-electron chi connectivity index (χ0n) is 10.0. The van der Waals surface area contributed by atoms with Crippen molar-refractivity contribution in [3.8, 4) is 0 Å². The van der Waals surface area contributed by atoms with Crippen molar-refractivity contribution in [3.05, 3.63) is 29.6 Å². The molecule has 0 aromatic carbocycles. The van der Waals surface area contributed by atoms with Gasteiger partial charge in [-0.15, -0.1) is 0 Å². The standard InChI is InChI=1S/C13H22N2/c1-4-7-10(3)12(14)13-11(5-2)8-6-9-15-13/h6,8-10,12H,4-5,7,14H2,1-3H3. The van der Waals surface area contributed by atoms with Crippen LogP contribution in [0, 0.1) is 5.92 Å². The average Bonchev–Trinajstić information content (AvgIpc) is 2.28. The fraction of sp³-hybridized carbons (Fsp3) is 0.615. The third-order valence-corrected chi connectivity index (χ3v) is 2.98. The second-order valence-corrected chi connectivity index (χ2v) is 4.19. The Labute approximate surface area is 92.9 Å². The van der Waals surface area contributed by atoms with Crippen LogP contribution >= 0.6 is 0 Å². The number of aromatic nitrogens is 1. The predicted molar refractivity (Wildman–Crippen MR) is 64.6 cm³/mol. The maximum Gasteiger partial charge on any atom is 0.0605 e. The number of pyridine rings is 1. The maximum atomic E-state index is 6.24. The fourth-order valence-electron chi connectivity index (χ4n) is 1.95. The SMILES string of the molecule is CCCC(C)C(N)c1ncccc1CC. The molecule has 1 rings (SSSR count). The Bertz CT molecular complexity index is 296. The molecule has 0 amide bonds. The van der Waals surface area contributed by atoms with Gasteiger partial charge in [-0.3, -0.25) is 4.98 Å². The van der Waals surface area contributed by atoms with E-state index in [2.05, 4.69) is 31.8 Å². The molecule has 1 aromatic rings. The summed E-state index contributed by atoms with van der Waals surface area (Å²) in [4.78, 5) is 4.43. The second-order valence-electron chi connectivity index (χ2n) is 4.19. The van der Waals surface area contributed by atoms with E-state index in [1.165, 1.54) is 18.4 Å². The highest BCUT2D eigenvalue weighted by Gasteiger charge is 2.17. The van der Waals surface area contributed by atoms with Crippen molar-refractivity contribution in [2.75, 3.05) is 0 Å².